The molecule has 1 aromatic heterocycles. The van der Waals surface area contributed by atoms with Crippen LogP contribution in [0.15, 0.2) is 54.6 Å². The van der Waals surface area contributed by atoms with Gasteiger partial charge in [-0.2, -0.15) is 9.57 Å². The fourth-order valence-corrected chi connectivity index (χ4v) is 7.12. The zero-order chi connectivity index (χ0) is 30.0. The molecule has 2 saturated heterocycles. The normalized spacial score (nSPS) is 21.9. The molecule has 42 heavy (non-hydrogen) atoms. The van der Waals surface area contributed by atoms with Crippen molar-refractivity contribution in [3.8, 4) is 6.07 Å². The molecule has 13 heteroatoms. The van der Waals surface area contributed by atoms with E-state index in [9.17, 15) is 17.6 Å². The molecule has 2 aliphatic rings. The molecule has 0 spiro atoms. The second-order valence-electron chi connectivity index (χ2n) is 10.6. The van der Waals surface area contributed by atoms with Gasteiger partial charge in [-0.3, -0.25) is 4.79 Å². The minimum atomic E-state index is -3.62. The molecule has 3 aromatic rings. The van der Waals surface area contributed by atoms with Gasteiger partial charge in [-0.15, -0.1) is 10.2 Å². The summed E-state index contributed by atoms with van der Waals surface area (Å²) in [6.45, 7) is 1.06. The van der Waals surface area contributed by atoms with Crippen LogP contribution in [0.1, 0.15) is 41.6 Å². The molecule has 0 aliphatic carbocycles. The van der Waals surface area contributed by atoms with Crippen LogP contribution in [0.5, 0.6) is 0 Å². The fraction of sp³-hybridized carbons (Fsp3) is 0.379. The van der Waals surface area contributed by atoms with Gasteiger partial charge in [0.1, 0.15) is 17.7 Å². The van der Waals surface area contributed by atoms with Crippen LogP contribution in [0, 0.1) is 28.9 Å². The van der Waals surface area contributed by atoms with Gasteiger partial charge in [0.25, 0.3) is 0 Å². The van der Waals surface area contributed by atoms with E-state index in [1.165, 1.54) is 22.5 Å². The number of rotatable bonds is 5. The number of benzene rings is 2. The first-order chi connectivity index (χ1) is 20.0. The lowest BCUT2D eigenvalue weighted by Crippen LogP contribution is -2.47. The largest absolute Gasteiger partial charge is 0.354 e. The predicted molar refractivity (Wildman–Crippen MR) is 153 cm³/mol. The van der Waals surface area contributed by atoms with E-state index >= 15 is 4.39 Å². The Balaban J connectivity index is 1.41. The van der Waals surface area contributed by atoms with Crippen molar-refractivity contribution in [1.82, 2.24) is 19.4 Å². The average Bonchev–Trinajstić information content (AvgIpc) is 3.38. The first-order valence-electron chi connectivity index (χ1n) is 13.5. The minimum absolute atomic E-state index is 0.0883. The Kier molecular flexibility index (Phi) is 8.73. The SMILES string of the molecule is CS(=O)(=O)N1CCN(C(=O)[C@@H]2CN(c3ccc(C#N)nn3)C[C@H]2c2ccc(F)cc2F)CCCC1c1ccc(Cl)cc1. The molecule has 0 radical (unpaired) electrons. The third-order valence-corrected chi connectivity index (χ3v) is 9.47. The van der Waals surface area contributed by atoms with Crippen molar-refractivity contribution in [2.24, 2.45) is 5.92 Å². The molecule has 1 amide bonds. The van der Waals surface area contributed by atoms with Gasteiger partial charge in [0.15, 0.2) is 11.5 Å². The van der Waals surface area contributed by atoms with Crippen LogP contribution in [-0.2, 0) is 14.8 Å². The Labute approximate surface area is 248 Å². The number of halogens is 3. The summed E-state index contributed by atoms with van der Waals surface area (Å²) >= 11 is 6.05. The highest BCUT2D eigenvalue weighted by molar-refractivity contribution is 7.88. The number of hydrogen-bond donors (Lipinski definition) is 0. The second kappa shape index (κ2) is 12.3. The van der Waals surface area contributed by atoms with Crippen LogP contribution < -0.4 is 4.90 Å². The third-order valence-electron chi connectivity index (χ3n) is 7.92. The zero-order valence-corrected chi connectivity index (χ0v) is 24.4. The number of hydrogen-bond acceptors (Lipinski definition) is 7. The Morgan fingerprint density at radius 2 is 1.79 bits per heavy atom. The quantitative estimate of drug-likeness (QED) is 0.425. The lowest BCUT2D eigenvalue weighted by Gasteiger charge is -2.37. The Hall–Kier alpha value is -3.66. The molecule has 2 aliphatic heterocycles. The lowest BCUT2D eigenvalue weighted by atomic mass is 9.87. The molecule has 3 atom stereocenters. The standard InChI is InChI=1S/C29H29ClF2N6O3S/c1-42(40,41)38-14-13-36(12-2-3-27(38)19-4-6-20(30)7-5-19)29(39)25-18-37(28-11-9-22(16-33)34-35-28)17-24(25)23-10-8-21(31)15-26(23)32/h4-11,15,24-25,27H,2-3,12-14,17-18H2,1H3/t24-,25+,27?/m0/s1. The second-order valence-corrected chi connectivity index (χ2v) is 13.0. The first kappa shape index (κ1) is 29.8. The van der Waals surface area contributed by atoms with Crippen LogP contribution in [0.25, 0.3) is 0 Å². The van der Waals surface area contributed by atoms with Crippen LogP contribution in [0.4, 0.5) is 14.6 Å². The van der Waals surface area contributed by atoms with Crippen molar-refractivity contribution in [1.29, 1.82) is 5.26 Å². The molecule has 0 bridgehead atoms. The van der Waals surface area contributed by atoms with Crippen molar-refractivity contribution >= 4 is 33.3 Å². The molecule has 2 aromatic carbocycles. The summed E-state index contributed by atoms with van der Waals surface area (Å²) in [7, 11) is -3.62. The van der Waals surface area contributed by atoms with Crippen molar-refractivity contribution in [3.05, 3.63) is 88.1 Å². The lowest BCUT2D eigenvalue weighted by molar-refractivity contribution is -0.135. The summed E-state index contributed by atoms with van der Waals surface area (Å²) in [6.07, 6.45) is 2.19. The number of carbonyl (C=O) groups excluding carboxylic acids is 1. The average molecular weight is 615 g/mol. The van der Waals surface area contributed by atoms with Gasteiger partial charge >= 0.3 is 0 Å². The van der Waals surface area contributed by atoms with Crippen molar-refractivity contribution < 1.29 is 22.0 Å². The summed E-state index contributed by atoms with van der Waals surface area (Å²) in [5.74, 6) is -2.60. The van der Waals surface area contributed by atoms with Gasteiger partial charge in [-0.1, -0.05) is 29.8 Å². The minimum Gasteiger partial charge on any atom is -0.354 e. The highest BCUT2D eigenvalue weighted by Crippen LogP contribution is 2.38. The van der Waals surface area contributed by atoms with E-state index < -0.39 is 39.5 Å². The van der Waals surface area contributed by atoms with Crippen LogP contribution in [-0.4, -0.2) is 72.7 Å². The smallest absolute Gasteiger partial charge is 0.228 e. The maximum atomic E-state index is 15.0. The predicted octanol–water partition coefficient (Wildman–Crippen LogP) is 4.13. The summed E-state index contributed by atoms with van der Waals surface area (Å²) in [5.41, 5.74) is 1.18. The van der Waals surface area contributed by atoms with Crippen molar-refractivity contribution in [2.75, 3.05) is 43.9 Å². The zero-order valence-electron chi connectivity index (χ0n) is 22.8. The highest BCUT2D eigenvalue weighted by atomic mass is 35.5. The summed E-state index contributed by atoms with van der Waals surface area (Å²) in [6, 6.07) is 15.1. The van der Waals surface area contributed by atoms with E-state index in [1.807, 2.05) is 18.2 Å². The highest BCUT2D eigenvalue weighted by Gasteiger charge is 2.43. The van der Waals surface area contributed by atoms with Crippen LogP contribution in [0.2, 0.25) is 5.02 Å². The van der Waals surface area contributed by atoms with Crippen molar-refractivity contribution in [3.63, 3.8) is 0 Å². The fourth-order valence-electron chi connectivity index (χ4n) is 5.89. The van der Waals surface area contributed by atoms with Gasteiger partial charge in [0.2, 0.25) is 15.9 Å². The number of nitrogens with zero attached hydrogens (tertiary/aromatic N) is 6. The molecule has 0 saturated carbocycles. The van der Waals surface area contributed by atoms with E-state index in [-0.39, 0.29) is 43.3 Å². The summed E-state index contributed by atoms with van der Waals surface area (Å²) in [5, 5.41) is 17.6. The Morgan fingerprint density at radius 1 is 1.02 bits per heavy atom. The van der Waals surface area contributed by atoms with Crippen LogP contribution >= 0.6 is 11.6 Å². The topological polar surface area (TPSA) is 110 Å². The molecule has 2 fully saturated rings. The molecule has 220 valence electrons. The number of carbonyl (C=O) groups is 1. The molecule has 5 rings (SSSR count). The van der Waals surface area contributed by atoms with Crippen molar-refractivity contribution in [2.45, 2.75) is 24.8 Å². The molecule has 9 nitrogen and oxygen atoms in total. The number of sulfonamides is 1. The van der Waals surface area contributed by atoms with E-state index in [2.05, 4.69) is 10.2 Å². The van der Waals surface area contributed by atoms with E-state index in [0.29, 0.717) is 30.2 Å². The van der Waals surface area contributed by atoms with Gasteiger partial charge in [0, 0.05) is 55.8 Å². The van der Waals surface area contributed by atoms with Gasteiger partial charge in [-0.05, 0) is 54.3 Å². The molecular formula is C29H29ClF2N6O3S. The Morgan fingerprint density at radius 3 is 2.43 bits per heavy atom. The monoisotopic (exact) mass is 614 g/mol. The number of amides is 1. The Bertz CT molecular complexity index is 1600. The molecular weight excluding hydrogens is 586 g/mol. The number of aromatic nitrogens is 2. The van der Waals surface area contributed by atoms with Crippen LogP contribution in [0.3, 0.4) is 0 Å². The van der Waals surface area contributed by atoms with E-state index in [4.69, 9.17) is 16.9 Å². The summed E-state index contributed by atoms with van der Waals surface area (Å²) in [4.78, 5) is 17.5. The number of nitriles is 1. The maximum Gasteiger partial charge on any atom is 0.228 e. The van der Waals surface area contributed by atoms with E-state index in [1.54, 1.807) is 28.0 Å². The third kappa shape index (κ3) is 6.38. The maximum absolute atomic E-state index is 15.0. The van der Waals surface area contributed by atoms with E-state index in [0.717, 1.165) is 17.9 Å². The number of anilines is 1. The van der Waals surface area contributed by atoms with Gasteiger partial charge in [0.05, 0.1) is 12.2 Å². The van der Waals surface area contributed by atoms with Gasteiger partial charge < -0.3 is 9.80 Å². The van der Waals surface area contributed by atoms with Gasteiger partial charge in [-0.25, -0.2) is 17.2 Å². The first-order valence-corrected chi connectivity index (χ1v) is 15.7. The molecule has 0 N–H and O–H groups in total. The molecule has 1 unspecified atom stereocenters. The molecule has 3 heterocycles. The summed E-state index contributed by atoms with van der Waals surface area (Å²) < 4.78 is 55.9.